The molecule has 2 amide bonds. The zero-order valence-corrected chi connectivity index (χ0v) is 24.6. The number of nitrogens with zero attached hydrogens (tertiary/aromatic N) is 4. The molecule has 0 aliphatic heterocycles. The van der Waals surface area contributed by atoms with Gasteiger partial charge in [-0.25, -0.2) is 14.2 Å². The van der Waals surface area contributed by atoms with Crippen molar-refractivity contribution < 1.29 is 27.9 Å². The van der Waals surface area contributed by atoms with Gasteiger partial charge in [0.2, 0.25) is 17.6 Å². The first-order valence-corrected chi connectivity index (χ1v) is 14.2. The first kappa shape index (κ1) is 31.7. The molecule has 230 valence electrons. The average Bonchev–Trinajstić information content (AvgIpc) is 3.49. The summed E-state index contributed by atoms with van der Waals surface area (Å²) >= 11 is 0. The second-order valence-corrected chi connectivity index (χ2v) is 10.3. The molecule has 4 aromatic rings. The van der Waals surface area contributed by atoms with Crippen molar-refractivity contribution in [3.8, 4) is 11.4 Å². The number of ketones is 1. The molecule has 0 spiro atoms. The van der Waals surface area contributed by atoms with E-state index in [4.69, 9.17) is 9.15 Å². The third-order valence-electron chi connectivity index (χ3n) is 6.59. The quantitative estimate of drug-likeness (QED) is 0.209. The number of carbonyl (C=O) groups is 3. The Balaban J connectivity index is 1.56. The normalized spacial score (nSPS) is 11.7. The van der Waals surface area contributed by atoms with Crippen LogP contribution in [0.25, 0.3) is 11.4 Å². The molecule has 0 aliphatic rings. The number of ether oxygens (including phenoxy) is 1. The van der Waals surface area contributed by atoms with E-state index < -0.39 is 41.7 Å². The average molecular weight is 605 g/mol. The highest BCUT2D eigenvalue weighted by molar-refractivity contribution is 5.98. The Hall–Kier alpha value is -5.20. The molecule has 0 saturated heterocycles. The van der Waals surface area contributed by atoms with Gasteiger partial charge in [-0.3, -0.25) is 24.3 Å². The van der Waals surface area contributed by atoms with Crippen LogP contribution in [0.1, 0.15) is 55.8 Å². The third kappa shape index (κ3) is 8.21. The molecule has 0 fully saturated rings. The fourth-order valence-electron chi connectivity index (χ4n) is 4.24. The summed E-state index contributed by atoms with van der Waals surface area (Å²) in [7, 11) is 0. The number of Topliss-reactive ketones (excluding diaryl/α,β-unsaturated/α-hetero) is 1. The van der Waals surface area contributed by atoms with Gasteiger partial charge in [-0.15, -0.1) is 10.2 Å². The van der Waals surface area contributed by atoms with E-state index in [1.54, 1.807) is 38.1 Å². The number of unbranched alkanes of at least 4 members (excludes halogenated alkanes) is 1. The van der Waals surface area contributed by atoms with Gasteiger partial charge in [0.1, 0.15) is 30.5 Å². The van der Waals surface area contributed by atoms with E-state index in [-0.39, 0.29) is 29.9 Å². The molecule has 0 bridgehead atoms. The van der Waals surface area contributed by atoms with Crippen LogP contribution in [0.15, 0.2) is 70.0 Å². The molecule has 2 aromatic heterocycles. The topological polar surface area (TPSA) is 158 Å². The molecule has 2 N–H and O–H groups in total. The summed E-state index contributed by atoms with van der Waals surface area (Å²) in [6.45, 7) is 4.88. The van der Waals surface area contributed by atoms with Crippen LogP contribution < -0.4 is 16.2 Å². The summed E-state index contributed by atoms with van der Waals surface area (Å²) in [6.07, 6.45) is 2.49. The smallest absolute Gasteiger partial charge is 0.412 e. The second kappa shape index (κ2) is 14.8. The Kier molecular flexibility index (Phi) is 10.7. The van der Waals surface area contributed by atoms with Gasteiger partial charge in [-0.05, 0) is 42.2 Å². The zero-order valence-electron chi connectivity index (χ0n) is 24.6. The summed E-state index contributed by atoms with van der Waals surface area (Å²) < 4.78 is 25.4. The van der Waals surface area contributed by atoms with Crippen molar-refractivity contribution >= 4 is 23.5 Å². The molecule has 44 heavy (non-hydrogen) atoms. The van der Waals surface area contributed by atoms with Crippen molar-refractivity contribution in [2.75, 3.05) is 5.32 Å². The van der Waals surface area contributed by atoms with Crippen LogP contribution in [0.3, 0.4) is 0 Å². The zero-order chi connectivity index (χ0) is 31.6. The van der Waals surface area contributed by atoms with E-state index in [0.717, 1.165) is 29.2 Å². The van der Waals surface area contributed by atoms with Crippen LogP contribution in [-0.4, -0.2) is 43.6 Å². The Morgan fingerprint density at radius 1 is 1.05 bits per heavy atom. The summed E-state index contributed by atoms with van der Waals surface area (Å²) in [5.74, 6) is -1.98. The highest BCUT2D eigenvalue weighted by Crippen LogP contribution is 2.18. The minimum Gasteiger partial charge on any atom is -0.444 e. The minimum atomic E-state index is -1.03. The molecular weight excluding hydrogens is 571 g/mol. The maximum absolute atomic E-state index is 13.6. The Morgan fingerprint density at radius 3 is 2.45 bits per heavy atom. The number of nitrogens with one attached hydrogen (secondary N) is 2. The molecule has 1 atom stereocenters. The van der Waals surface area contributed by atoms with E-state index in [9.17, 15) is 23.6 Å². The fraction of sp³-hybridized carbons (Fsp3) is 0.323. The van der Waals surface area contributed by atoms with Gasteiger partial charge in [0, 0.05) is 12.0 Å². The van der Waals surface area contributed by atoms with Crippen molar-refractivity contribution in [1.29, 1.82) is 0 Å². The molecule has 0 aliphatic carbocycles. The lowest BCUT2D eigenvalue weighted by Gasteiger charge is -2.20. The highest BCUT2D eigenvalue weighted by atomic mass is 19.1. The summed E-state index contributed by atoms with van der Waals surface area (Å²) in [6, 6.07) is 13.1. The number of anilines is 1. The number of benzene rings is 2. The first-order valence-electron chi connectivity index (χ1n) is 14.2. The van der Waals surface area contributed by atoms with Gasteiger partial charge in [0.05, 0.1) is 12.2 Å². The fourth-order valence-corrected chi connectivity index (χ4v) is 4.24. The van der Waals surface area contributed by atoms with Gasteiger partial charge < -0.3 is 14.5 Å². The number of hydrogen-bond donors (Lipinski definition) is 2. The van der Waals surface area contributed by atoms with Crippen molar-refractivity contribution in [1.82, 2.24) is 25.1 Å². The highest BCUT2D eigenvalue weighted by Gasteiger charge is 2.30. The van der Waals surface area contributed by atoms with Crippen molar-refractivity contribution in [3.05, 3.63) is 94.3 Å². The number of carbonyl (C=O) groups excluding carboxylic acids is 3. The maximum atomic E-state index is 13.6. The Morgan fingerprint density at radius 2 is 1.77 bits per heavy atom. The van der Waals surface area contributed by atoms with E-state index in [1.807, 2.05) is 13.0 Å². The molecule has 0 saturated carbocycles. The molecule has 12 nitrogen and oxygen atoms in total. The Labute approximate surface area is 252 Å². The molecule has 0 radical (unpaired) electrons. The van der Waals surface area contributed by atoms with Crippen LogP contribution >= 0.6 is 0 Å². The van der Waals surface area contributed by atoms with Crippen LogP contribution in [0.4, 0.5) is 14.9 Å². The standard InChI is InChI=1S/C31H33FN6O6/c1-4-5-11-25-36-37-29(44-25)27(40)26(19(2)3)35-24(39)17-38-28(21-12-14-22(32)15-13-21)33-16-23(30(38)41)34-31(42)43-18-20-9-7-6-8-10-20/h6-10,12-16,19,26H,4-5,11,17-18H2,1-3H3,(H,34,42)(H,35,39)/t26-/m0/s1. The first-order chi connectivity index (χ1) is 21.2. The number of halogens is 1. The summed E-state index contributed by atoms with van der Waals surface area (Å²) in [5.41, 5.74) is 0.0737. The predicted molar refractivity (Wildman–Crippen MR) is 158 cm³/mol. The summed E-state index contributed by atoms with van der Waals surface area (Å²) in [4.78, 5) is 56.8. The van der Waals surface area contributed by atoms with Gasteiger partial charge in [0.25, 0.3) is 11.4 Å². The third-order valence-corrected chi connectivity index (χ3v) is 6.59. The molecular formula is C31H33FN6O6. The lowest BCUT2D eigenvalue weighted by molar-refractivity contribution is -0.122. The maximum Gasteiger partial charge on any atom is 0.412 e. The SMILES string of the molecule is CCCCc1nnc(C(=O)[C@@H](NC(=O)Cn2c(-c3ccc(F)cc3)ncc(NC(=O)OCc3ccccc3)c2=O)C(C)C)o1. The van der Waals surface area contributed by atoms with Gasteiger partial charge in [-0.1, -0.05) is 57.5 Å². The molecule has 0 unspecified atom stereocenters. The van der Waals surface area contributed by atoms with Crippen LogP contribution in [-0.2, 0) is 29.1 Å². The monoisotopic (exact) mass is 604 g/mol. The van der Waals surface area contributed by atoms with Gasteiger partial charge >= 0.3 is 6.09 Å². The molecule has 4 rings (SSSR count). The largest absolute Gasteiger partial charge is 0.444 e. The van der Waals surface area contributed by atoms with E-state index in [2.05, 4.69) is 25.8 Å². The number of rotatable bonds is 13. The van der Waals surface area contributed by atoms with Crippen molar-refractivity contribution in [3.63, 3.8) is 0 Å². The van der Waals surface area contributed by atoms with Crippen molar-refractivity contribution in [2.24, 2.45) is 5.92 Å². The van der Waals surface area contributed by atoms with Crippen LogP contribution in [0.5, 0.6) is 0 Å². The molecule has 2 heterocycles. The van der Waals surface area contributed by atoms with Crippen molar-refractivity contribution in [2.45, 2.75) is 59.2 Å². The summed E-state index contributed by atoms with van der Waals surface area (Å²) in [5, 5.41) is 12.8. The van der Waals surface area contributed by atoms with E-state index in [1.165, 1.54) is 24.3 Å². The van der Waals surface area contributed by atoms with Crippen LogP contribution in [0, 0.1) is 11.7 Å². The number of amides is 2. The number of hydrogen-bond acceptors (Lipinski definition) is 9. The molecule has 13 heteroatoms. The molecule has 2 aromatic carbocycles. The van der Waals surface area contributed by atoms with Gasteiger partial charge in [-0.2, -0.15) is 0 Å². The van der Waals surface area contributed by atoms with E-state index >= 15 is 0 Å². The van der Waals surface area contributed by atoms with Gasteiger partial charge in [0.15, 0.2) is 0 Å². The lowest BCUT2D eigenvalue weighted by Crippen LogP contribution is -2.46. The number of aromatic nitrogens is 4. The Bertz CT molecular complexity index is 1650. The number of aryl methyl sites for hydroxylation is 1. The van der Waals surface area contributed by atoms with Crippen LogP contribution in [0.2, 0.25) is 0 Å². The lowest BCUT2D eigenvalue weighted by atomic mass is 9.99. The predicted octanol–water partition coefficient (Wildman–Crippen LogP) is 4.55. The second-order valence-electron chi connectivity index (χ2n) is 10.3. The van der Waals surface area contributed by atoms with E-state index in [0.29, 0.717) is 17.9 Å². The minimum absolute atomic E-state index is 0.0326.